The number of amides is 1. The van der Waals surface area contributed by atoms with E-state index in [0.29, 0.717) is 6.54 Å². The Kier molecular flexibility index (Phi) is 5.54. The molecule has 0 saturated carbocycles. The molecule has 4 heterocycles. The maximum absolute atomic E-state index is 12.6. The number of carbonyl (C=O) groups is 1. The summed E-state index contributed by atoms with van der Waals surface area (Å²) in [4.78, 5) is 20.4. The van der Waals surface area contributed by atoms with Gasteiger partial charge in [-0.15, -0.1) is 11.3 Å². The van der Waals surface area contributed by atoms with Crippen LogP contribution in [0.2, 0.25) is 0 Å². The molecule has 3 aromatic rings. The third-order valence-electron chi connectivity index (χ3n) is 5.28. The highest BCUT2D eigenvalue weighted by Crippen LogP contribution is 2.30. The molecule has 0 bridgehead atoms. The van der Waals surface area contributed by atoms with Gasteiger partial charge in [-0.1, -0.05) is 5.16 Å². The standard InChI is InChI=1S/C21H24N4O2S/c1-14-18(15(2)27-24-14)11-25-10-6-17-19(13-28-20(17)12-25)21(26)23-9-5-16-3-7-22-8-4-16/h3-4,7-8,13H,5-6,9-12H2,1-2H3,(H,23,26). The van der Waals surface area contributed by atoms with Crippen molar-refractivity contribution >= 4 is 17.2 Å². The van der Waals surface area contributed by atoms with Crippen molar-refractivity contribution in [2.24, 2.45) is 0 Å². The topological polar surface area (TPSA) is 71.3 Å². The maximum Gasteiger partial charge on any atom is 0.252 e. The van der Waals surface area contributed by atoms with Crippen LogP contribution < -0.4 is 5.32 Å². The Bertz CT molecular complexity index is 945. The summed E-state index contributed by atoms with van der Waals surface area (Å²) in [6.07, 6.45) is 5.27. The molecule has 1 amide bonds. The highest BCUT2D eigenvalue weighted by molar-refractivity contribution is 7.10. The number of carbonyl (C=O) groups excluding carboxylic acids is 1. The van der Waals surface area contributed by atoms with E-state index in [1.54, 1.807) is 23.7 Å². The van der Waals surface area contributed by atoms with Gasteiger partial charge < -0.3 is 9.84 Å². The average molecular weight is 397 g/mol. The second-order valence-corrected chi connectivity index (χ2v) is 8.14. The van der Waals surface area contributed by atoms with Crippen LogP contribution in [0.15, 0.2) is 34.4 Å². The zero-order valence-electron chi connectivity index (χ0n) is 16.2. The largest absolute Gasteiger partial charge is 0.361 e. The summed E-state index contributed by atoms with van der Waals surface area (Å²) >= 11 is 1.69. The van der Waals surface area contributed by atoms with Crippen LogP contribution >= 0.6 is 11.3 Å². The average Bonchev–Trinajstić information content (AvgIpc) is 3.27. The monoisotopic (exact) mass is 396 g/mol. The molecule has 146 valence electrons. The predicted molar refractivity (Wildman–Crippen MR) is 108 cm³/mol. The maximum atomic E-state index is 12.6. The second kappa shape index (κ2) is 8.24. The van der Waals surface area contributed by atoms with Gasteiger partial charge in [0.2, 0.25) is 0 Å². The lowest BCUT2D eigenvalue weighted by atomic mass is 10.0. The fraction of sp³-hybridized carbons (Fsp3) is 0.381. The van der Waals surface area contributed by atoms with Crippen LogP contribution in [0.3, 0.4) is 0 Å². The van der Waals surface area contributed by atoms with Gasteiger partial charge in [0.05, 0.1) is 11.3 Å². The van der Waals surface area contributed by atoms with Crippen molar-refractivity contribution in [1.29, 1.82) is 0 Å². The van der Waals surface area contributed by atoms with E-state index in [2.05, 4.69) is 20.4 Å². The van der Waals surface area contributed by atoms with E-state index in [1.165, 1.54) is 21.6 Å². The molecule has 1 N–H and O–H groups in total. The van der Waals surface area contributed by atoms with Gasteiger partial charge in [0.1, 0.15) is 5.76 Å². The molecule has 1 aliphatic heterocycles. The summed E-state index contributed by atoms with van der Waals surface area (Å²) in [6, 6.07) is 3.96. The molecule has 0 atom stereocenters. The van der Waals surface area contributed by atoms with Crippen LogP contribution in [0.1, 0.15) is 43.4 Å². The van der Waals surface area contributed by atoms with E-state index in [9.17, 15) is 4.79 Å². The summed E-state index contributed by atoms with van der Waals surface area (Å²) in [5.74, 6) is 0.925. The number of aryl methyl sites for hydroxylation is 2. The molecular weight excluding hydrogens is 372 g/mol. The Morgan fingerprint density at radius 1 is 1.32 bits per heavy atom. The first-order chi connectivity index (χ1) is 13.6. The van der Waals surface area contributed by atoms with E-state index >= 15 is 0 Å². The van der Waals surface area contributed by atoms with Crippen LogP contribution in [0.4, 0.5) is 0 Å². The number of rotatable bonds is 6. The molecule has 0 spiro atoms. The molecule has 4 rings (SSSR count). The van der Waals surface area contributed by atoms with Crippen molar-refractivity contribution in [2.75, 3.05) is 13.1 Å². The quantitative estimate of drug-likeness (QED) is 0.692. The van der Waals surface area contributed by atoms with Crippen LogP contribution in [0.5, 0.6) is 0 Å². The number of hydrogen-bond acceptors (Lipinski definition) is 6. The summed E-state index contributed by atoms with van der Waals surface area (Å²) in [7, 11) is 0. The number of pyridine rings is 1. The molecule has 28 heavy (non-hydrogen) atoms. The third kappa shape index (κ3) is 4.00. The Labute approximate surface area is 168 Å². The van der Waals surface area contributed by atoms with Crippen LogP contribution in [-0.2, 0) is 25.9 Å². The minimum Gasteiger partial charge on any atom is -0.361 e. The zero-order chi connectivity index (χ0) is 19.5. The second-order valence-electron chi connectivity index (χ2n) is 7.18. The number of fused-ring (bicyclic) bond motifs is 1. The van der Waals surface area contributed by atoms with Gasteiger partial charge in [-0.25, -0.2) is 0 Å². The Hall–Kier alpha value is -2.51. The molecule has 0 aromatic carbocycles. The van der Waals surface area contributed by atoms with E-state index in [-0.39, 0.29) is 5.91 Å². The van der Waals surface area contributed by atoms with Gasteiger partial charge in [-0.3, -0.25) is 14.7 Å². The molecule has 6 nitrogen and oxygen atoms in total. The number of hydrogen-bond donors (Lipinski definition) is 1. The van der Waals surface area contributed by atoms with Crippen molar-refractivity contribution < 1.29 is 9.32 Å². The van der Waals surface area contributed by atoms with Gasteiger partial charge in [-0.2, -0.15) is 0 Å². The number of aromatic nitrogens is 2. The first-order valence-corrected chi connectivity index (χ1v) is 10.4. The Morgan fingerprint density at radius 2 is 2.14 bits per heavy atom. The van der Waals surface area contributed by atoms with E-state index in [1.807, 2.05) is 31.4 Å². The summed E-state index contributed by atoms with van der Waals surface area (Å²) in [5, 5.41) is 9.11. The fourth-order valence-electron chi connectivity index (χ4n) is 3.62. The van der Waals surface area contributed by atoms with Gasteiger partial charge in [-0.05, 0) is 49.9 Å². The predicted octanol–water partition coefficient (Wildman–Crippen LogP) is 3.28. The first-order valence-electron chi connectivity index (χ1n) is 9.52. The van der Waals surface area contributed by atoms with Crippen molar-refractivity contribution in [3.8, 4) is 0 Å². The lowest BCUT2D eigenvalue weighted by Crippen LogP contribution is -2.31. The lowest BCUT2D eigenvalue weighted by Gasteiger charge is -2.27. The molecule has 0 radical (unpaired) electrons. The normalized spacial score (nSPS) is 14.1. The molecular formula is C21H24N4O2S. The minimum atomic E-state index is 0.0331. The zero-order valence-corrected chi connectivity index (χ0v) is 17.0. The summed E-state index contributed by atoms with van der Waals surface area (Å²) in [5.41, 5.74) is 5.36. The van der Waals surface area contributed by atoms with E-state index in [4.69, 9.17) is 4.52 Å². The van der Waals surface area contributed by atoms with Crippen LogP contribution in [-0.4, -0.2) is 34.0 Å². The smallest absolute Gasteiger partial charge is 0.252 e. The highest BCUT2D eigenvalue weighted by Gasteiger charge is 2.25. The molecule has 0 unspecified atom stereocenters. The SMILES string of the molecule is Cc1noc(C)c1CN1CCc2c(C(=O)NCCc3ccncc3)csc2C1. The Balaban J connectivity index is 1.36. The third-order valence-corrected chi connectivity index (χ3v) is 6.30. The number of nitrogens with one attached hydrogen (secondary N) is 1. The molecule has 1 aliphatic rings. The van der Waals surface area contributed by atoms with E-state index in [0.717, 1.165) is 49.5 Å². The van der Waals surface area contributed by atoms with Gasteiger partial charge in [0.25, 0.3) is 5.91 Å². The van der Waals surface area contributed by atoms with Crippen LogP contribution in [0.25, 0.3) is 0 Å². The molecule has 0 fully saturated rings. The fourth-order valence-corrected chi connectivity index (χ4v) is 4.74. The summed E-state index contributed by atoms with van der Waals surface area (Å²) < 4.78 is 5.28. The van der Waals surface area contributed by atoms with Gasteiger partial charge in [0.15, 0.2) is 0 Å². The van der Waals surface area contributed by atoms with Gasteiger partial charge in [0, 0.05) is 54.4 Å². The first kappa shape index (κ1) is 18.8. The molecule has 7 heteroatoms. The minimum absolute atomic E-state index is 0.0331. The van der Waals surface area contributed by atoms with Crippen molar-refractivity contribution in [3.63, 3.8) is 0 Å². The summed E-state index contributed by atoms with van der Waals surface area (Å²) in [6.45, 7) is 7.22. The van der Waals surface area contributed by atoms with Crippen LogP contribution in [0, 0.1) is 13.8 Å². The number of thiophene rings is 1. The molecule has 0 aliphatic carbocycles. The van der Waals surface area contributed by atoms with Crippen molar-refractivity contribution in [1.82, 2.24) is 20.4 Å². The lowest BCUT2D eigenvalue weighted by molar-refractivity contribution is 0.0953. The number of nitrogens with zero attached hydrogens (tertiary/aromatic N) is 3. The van der Waals surface area contributed by atoms with Gasteiger partial charge >= 0.3 is 0 Å². The Morgan fingerprint density at radius 3 is 2.89 bits per heavy atom. The van der Waals surface area contributed by atoms with Crippen molar-refractivity contribution in [2.45, 2.75) is 39.8 Å². The molecule has 3 aromatic heterocycles. The van der Waals surface area contributed by atoms with Crippen molar-refractivity contribution in [3.05, 3.63) is 68.5 Å². The molecule has 0 saturated heterocycles. The van der Waals surface area contributed by atoms with E-state index < -0.39 is 0 Å². The highest BCUT2D eigenvalue weighted by atomic mass is 32.1.